The van der Waals surface area contributed by atoms with Crippen LogP contribution in [0, 0.1) is 0 Å². The number of H-pyrrole nitrogens is 1. The number of carbonyl (C=O) groups excluding carboxylic acids is 1. The van der Waals surface area contributed by atoms with Gasteiger partial charge in [-0.05, 0) is 60.0 Å². The largest absolute Gasteiger partial charge is 0.497 e. The van der Waals surface area contributed by atoms with Crippen LogP contribution in [0.1, 0.15) is 15.9 Å². The van der Waals surface area contributed by atoms with E-state index in [1.54, 1.807) is 7.11 Å². The van der Waals surface area contributed by atoms with E-state index in [9.17, 15) is 4.79 Å². The lowest BCUT2D eigenvalue weighted by molar-refractivity contribution is 0.0954. The minimum Gasteiger partial charge on any atom is -0.497 e. The Hall–Kier alpha value is -4.12. The third-order valence-electron chi connectivity index (χ3n) is 5.67. The van der Waals surface area contributed by atoms with E-state index in [2.05, 4.69) is 39.6 Å². The molecule has 0 unspecified atom stereocenters. The molecule has 1 amide bonds. The van der Waals surface area contributed by atoms with Crippen molar-refractivity contribution in [3.8, 4) is 16.9 Å². The Morgan fingerprint density at radius 2 is 1.75 bits per heavy atom. The highest BCUT2D eigenvalue weighted by Gasteiger charge is 2.09. The maximum atomic E-state index is 12.3. The number of amides is 1. The van der Waals surface area contributed by atoms with Gasteiger partial charge >= 0.3 is 0 Å². The first-order valence-electron chi connectivity index (χ1n) is 10.6. The fourth-order valence-corrected chi connectivity index (χ4v) is 3.93. The van der Waals surface area contributed by atoms with Crippen LogP contribution in [0.3, 0.4) is 0 Å². The van der Waals surface area contributed by atoms with Crippen molar-refractivity contribution in [2.45, 2.75) is 6.42 Å². The average molecular weight is 422 g/mol. The van der Waals surface area contributed by atoms with E-state index >= 15 is 0 Å². The number of hydrogen-bond donors (Lipinski definition) is 2. The molecule has 0 aliphatic heterocycles. The Labute approximate surface area is 186 Å². The minimum atomic E-state index is -0.0490. The molecule has 2 N–H and O–H groups in total. The zero-order valence-corrected chi connectivity index (χ0v) is 17.8. The van der Waals surface area contributed by atoms with Crippen LogP contribution in [-0.2, 0) is 6.42 Å². The number of nitrogens with one attached hydrogen (secondary N) is 2. The number of hydrogen-bond acceptors (Lipinski definition) is 3. The molecule has 0 aliphatic rings. The smallest absolute Gasteiger partial charge is 0.251 e. The van der Waals surface area contributed by atoms with Crippen LogP contribution < -0.4 is 10.1 Å². The number of benzene rings is 3. The Morgan fingerprint density at radius 1 is 0.938 bits per heavy atom. The van der Waals surface area contributed by atoms with E-state index in [-0.39, 0.29) is 5.91 Å². The average Bonchev–Trinajstić information content (AvgIpc) is 3.22. The topological polar surface area (TPSA) is 67.0 Å². The van der Waals surface area contributed by atoms with Gasteiger partial charge in [0.2, 0.25) is 0 Å². The molecule has 0 spiro atoms. The van der Waals surface area contributed by atoms with E-state index in [0.29, 0.717) is 12.1 Å². The van der Waals surface area contributed by atoms with Crippen molar-refractivity contribution in [3.63, 3.8) is 0 Å². The molecule has 158 valence electrons. The lowest BCUT2D eigenvalue weighted by Crippen LogP contribution is -2.25. The molecule has 0 aliphatic carbocycles. The number of fused-ring (bicyclic) bond motifs is 3. The number of nitrogens with zero attached hydrogens (tertiary/aromatic N) is 1. The van der Waals surface area contributed by atoms with Gasteiger partial charge in [-0.3, -0.25) is 4.79 Å². The van der Waals surface area contributed by atoms with Crippen LogP contribution in [0.15, 0.2) is 85.1 Å². The first-order chi connectivity index (χ1) is 15.7. The molecule has 5 aromatic rings. The Bertz CT molecular complexity index is 1390. The summed E-state index contributed by atoms with van der Waals surface area (Å²) in [6.07, 6.45) is 2.65. The molecule has 2 heterocycles. The zero-order chi connectivity index (χ0) is 21.9. The summed E-state index contributed by atoms with van der Waals surface area (Å²) < 4.78 is 5.26. The summed E-state index contributed by atoms with van der Waals surface area (Å²) in [5.74, 6) is 0.783. The molecule has 0 atom stereocenters. The first kappa shape index (κ1) is 19.8. The Balaban J connectivity index is 1.38. The predicted octanol–water partition coefficient (Wildman–Crippen LogP) is 5.36. The Morgan fingerprint density at radius 3 is 2.53 bits per heavy atom. The van der Waals surface area contributed by atoms with Crippen molar-refractivity contribution >= 4 is 27.8 Å². The number of methoxy groups -OCH3 is 1. The van der Waals surface area contributed by atoms with Crippen molar-refractivity contribution in [1.29, 1.82) is 0 Å². The molecule has 3 aromatic carbocycles. The number of rotatable bonds is 6. The van der Waals surface area contributed by atoms with E-state index in [1.165, 1.54) is 5.56 Å². The molecule has 2 aromatic heterocycles. The van der Waals surface area contributed by atoms with Crippen molar-refractivity contribution in [2.24, 2.45) is 0 Å². The monoisotopic (exact) mass is 421 g/mol. The van der Waals surface area contributed by atoms with Gasteiger partial charge < -0.3 is 15.0 Å². The summed E-state index contributed by atoms with van der Waals surface area (Å²) >= 11 is 0. The molecule has 0 saturated carbocycles. The third kappa shape index (κ3) is 3.93. The number of carbonyl (C=O) groups is 1. The van der Waals surface area contributed by atoms with Crippen molar-refractivity contribution in [2.75, 3.05) is 13.7 Å². The fraction of sp³-hybridized carbons (Fsp3) is 0.111. The summed E-state index contributed by atoms with van der Waals surface area (Å²) in [5, 5.41) is 5.22. The van der Waals surface area contributed by atoms with Crippen LogP contribution in [-0.4, -0.2) is 29.5 Å². The maximum absolute atomic E-state index is 12.3. The van der Waals surface area contributed by atoms with E-state index in [0.717, 1.165) is 45.2 Å². The second kappa shape index (κ2) is 8.55. The van der Waals surface area contributed by atoms with Gasteiger partial charge in [-0.2, -0.15) is 0 Å². The van der Waals surface area contributed by atoms with E-state index in [4.69, 9.17) is 4.74 Å². The number of ether oxygens (including phenoxy) is 1. The normalized spacial score (nSPS) is 11.0. The van der Waals surface area contributed by atoms with Crippen LogP contribution in [0.4, 0.5) is 0 Å². The van der Waals surface area contributed by atoms with Crippen LogP contribution in [0.25, 0.3) is 33.1 Å². The highest BCUT2D eigenvalue weighted by atomic mass is 16.5. The number of aromatic nitrogens is 2. The molecular weight excluding hydrogens is 398 g/mol. The highest BCUT2D eigenvalue weighted by Crippen LogP contribution is 2.30. The molecule has 0 radical (unpaired) electrons. The van der Waals surface area contributed by atoms with E-state index < -0.39 is 0 Å². The SMILES string of the molecule is COc1ccc(-c2cnc3[nH]c4ccc(CCNC(=O)c5ccccc5)cc4c3c2)cc1. The van der Waals surface area contributed by atoms with Gasteiger partial charge in [0, 0.05) is 40.2 Å². The second-order valence-electron chi connectivity index (χ2n) is 7.73. The van der Waals surface area contributed by atoms with Crippen LogP contribution in [0.2, 0.25) is 0 Å². The predicted molar refractivity (Wildman–Crippen MR) is 128 cm³/mol. The fourth-order valence-electron chi connectivity index (χ4n) is 3.93. The van der Waals surface area contributed by atoms with E-state index in [1.807, 2.05) is 60.8 Å². The minimum absolute atomic E-state index is 0.0490. The third-order valence-corrected chi connectivity index (χ3v) is 5.67. The molecule has 5 nitrogen and oxygen atoms in total. The summed E-state index contributed by atoms with van der Waals surface area (Å²) in [4.78, 5) is 20.3. The van der Waals surface area contributed by atoms with Gasteiger partial charge in [0.05, 0.1) is 7.11 Å². The van der Waals surface area contributed by atoms with Crippen LogP contribution >= 0.6 is 0 Å². The van der Waals surface area contributed by atoms with Gasteiger partial charge in [-0.25, -0.2) is 4.98 Å². The van der Waals surface area contributed by atoms with Crippen molar-refractivity contribution in [3.05, 3.63) is 96.2 Å². The zero-order valence-electron chi connectivity index (χ0n) is 17.8. The Kier molecular flexibility index (Phi) is 5.30. The quantitative estimate of drug-likeness (QED) is 0.388. The molecule has 5 rings (SSSR count). The summed E-state index contributed by atoms with van der Waals surface area (Å²) in [7, 11) is 1.67. The number of pyridine rings is 1. The lowest BCUT2D eigenvalue weighted by atomic mass is 10.0. The van der Waals surface area contributed by atoms with Gasteiger partial charge in [-0.15, -0.1) is 0 Å². The number of aromatic amines is 1. The summed E-state index contributed by atoms with van der Waals surface area (Å²) in [6.45, 7) is 0.580. The van der Waals surface area contributed by atoms with Gasteiger partial charge in [0.15, 0.2) is 0 Å². The van der Waals surface area contributed by atoms with Gasteiger partial charge in [-0.1, -0.05) is 36.4 Å². The molecular formula is C27H23N3O2. The van der Waals surface area contributed by atoms with Gasteiger partial charge in [0.25, 0.3) is 5.91 Å². The van der Waals surface area contributed by atoms with Crippen molar-refractivity contribution in [1.82, 2.24) is 15.3 Å². The maximum Gasteiger partial charge on any atom is 0.251 e. The molecule has 5 heteroatoms. The highest BCUT2D eigenvalue weighted by molar-refractivity contribution is 6.07. The molecule has 32 heavy (non-hydrogen) atoms. The second-order valence-corrected chi connectivity index (χ2v) is 7.73. The van der Waals surface area contributed by atoms with Crippen LogP contribution in [0.5, 0.6) is 5.75 Å². The molecule has 0 bridgehead atoms. The van der Waals surface area contributed by atoms with Gasteiger partial charge in [0.1, 0.15) is 11.4 Å². The lowest BCUT2D eigenvalue weighted by Gasteiger charge is -2.06. The standard InChI is InChI=1S/C27H23N3O2/c1-32-22-10-8-19(9-11-22)21-16-24-23-15-18(7-12-25(23)30-26(24)29-17-21)13-14-28-27(31)20-5-3-2-4-6-20/h2-12,15-17H,13-14H2,1H3,(H,28,31)(H,29,30). The summed E-state index contributed by atoms with van der Waals surface area (Å²) in [5.41, 5.74) is 5.91. The first-order valence-corrected chi connectivity index (χ1v) is 10.6. The molecule has 0 saturated heterocycles. The summed E-state index contributed by atoms with van der Waals surface area (Å²) in [6, 6.07) is 25.8. The molecule has 0 fully saturated rings. The van der Waals surface area contributed by atoms with Crippen molar-refractivity contribution < 1.29 is 9.53 Å².